The van der Waals surface area contributed by atoms with Crippen molar-refractivity contribution in [3.8, 4) is 0 Å². The number of sulfone groups is 1. The molecule has 0 saturated carbocycles. The van der Waals surface area contributed by atoms with E-state index in [1.165, 1.54) is 6.07 Å². The molecule has 0 bridgehead atoms. The third-order valence-corrected chi connectivity index (χ3v) is 5.15. The van der Waals surface area contributed by atoms with Crippen molar-refractivity contribution in [2.24, 2.45) is 0 Å². The number of hydrogen-bond acceptors (Lipinski definition) is 4. The van der Waals surface area contributed by atoms with Crippen LogP contribution in [0.15, 0.2) is 12.1 Å². The van der Waals surface area contributed by atoms with Crippen molar-refractivity contribution in [1.82, 2.24) is 15.3 Å². The van der Waals surface area contributed by atoms with Crippen LogP contribution in [0.25, 0.3) is 11.0 Å². The van der Waals surface area contributed by atoms with Crippen LogP contribution in [-0.2, 0) is 16.4 Å². The molecule has 5 nitrogen and oxygen atoms in total. The van der Waals surface area contributed by atoms with Gasteiger partial charge in [-0.1, -0.05) is 0 Å². The van der Waals surface area contributed by atoms with Gasteiger partial charge in [0.05, 0.1) is 23.6 Å². The van der Waals surface area contributed by atoms with Gasteiger partial charge in [-0.15, -0.1) is 0 Å². The van der Waals surface area contributed by atoms with Crippen LogP contribution in [-0.4, -0.2) is 35.9 Å². The Bertz CT molecular complexity index is 757. The predicted octanol–water partition coefficient (Wildman–Crippen LogP) is 1.12. The lowest BCUT2D eigenvalue weighted by Gasteiger charge is -2.08. The van der Waals surface area contributed by atoms with Gasteiger partial charge in [0, 0.05) is 6.04 Å². The lowest BCUT2D eigenvalue weighted by Crippen LogP contribution is -2.29. The second kappa shape index (κ2) is 4.78. The SMILES string of the molecule is O=S1(=O)CCC(NCc2nc3c(F)c(F)ccc3[nH]2)C1. The summed E-state index contributed by atoms with van der Waals surface area (Å²) in [6.07, 6.45) is 0.561. The van der Waals surface area contributed by atoms with Gasteiger partial charge in [-0.25, -0.2) is 22.2 Å². The average molecular weight is 301 g/mol. The summed E-state index contributed by atoms with van der Waals surface area (Å²) >= 11 is 0. The number of nitrogens with one attached hydrogen (secondary N) is 2. The quantitative estimate of drug-likeness (QED) is 0.891. The zero-order valence-corrected chi connectivity index (χ0v) is 11.3. The molecule has 2 N–H and O–H groups in total. The summed E-state index contributed by atoms with van der Waals surface area (Å²) in [6, 6.07) is 2.34. The highest BCUT2D eigenvalue weighted by atomic mass is 32.2. The smallest absolute Gasteiger partial charge is 0.186 e. The fourth-order valence-corrected chi connectivity index (χ4v) is 4.06. The number of imidazole rings is 1. The normalized spacial score (nSPS) is 21.6. The first-order valence-corrected chi connectivity index (χ1v) is 8.03. The molecule has 20 heavy (non-hydrogen) atoms. The van der Waals surface area contributed by atoms with Crippen LogP contribution in [0.3, 0.4) is 0 Å². The molecule has 0 spiro atoms. The summed E-state index contributed by atoms with van der Waals surface area (Å²) in [7, 11) is -2.94. The average Bonchev–Trinajstić information content (AvgIpc) is 2.95. The van der Waals surface area contributed by atoms with E-state index in [0.29, 0.717) is 17.8 Å². The maximum atomic E-state index is 13.5. The zero-order valence-electron chi connectivity index (χ0n) is 10.5. The molecular weight excluding hydrogens is 288 g/mol. The lowest BCUT2D eigenvalue weighted by atomic mass is 10.2. The van der Waals surface area contributed by atoms with Gasteiger partial charge in [0.2, 0.25) is 0 Å². The van der Waals surface area contributed by atoms with Crippen molar-refractivity contribution in [2.45, 2.75) is 19.0 Å². The molecule has 1 aliphatic heterocycles. The van der Waals surface area contributed by atoms with E-state index in [-0.39, 0.29) is 29.6 Å². The van der Waals surface area contributed by atoms with E-state index < -0.39 is 21.5 Å². The molecule has 1 saturated heterocycles. The monoisotopic (exact) mass is 301 g/mol. The van der Waals surface area contributed by atoms with E-state index in [1.54, 1.807) is 0 Å². The zero-order chi connectivity index (χ0) is 14.3. The second-order valence-electron chi connectivity index (χ2n) is 4.92. The molecule has 0 aliphatic carbocycles. The molecule has 108 valence electrons. The second-order valence-corrected chi connectivity index (χ2v) is 7.15. The number of aromatic nitrogens is 2. The highest BCUT2D eigenvalue weighted by Crippen LogP contribution is 2.18. The number of aromatic amines is 1. The van der Waals surface area contributed by atoms with Gasteiger partial charge < -0.3 is 10.3 Å². The first-order chi connectivity index (χ1) is 9.44. The summed E-state index contributed by atoms with van der Waals surface area (Å²) in [4.78, 5) is 6.87. The molecule has 0 amide bonds. The highest BCUT2D eigenvalue weighted by molar-refractivity contribution is 7.91. The number of halogens is 2. The number of nitrogens with zero attached hydrogens (tertiary/aromatic N) is 1. The van der Waals surface area contributed by atoms with Crippen LogP contribution in [0.4, 0.5) is 8.78 Å². The summed E-state index contributed by atoms with van der Waals surface area (Å²) in [5.41, 5.74) is 0.376. The topological polar surface area (TPSA) is 74.8 Å². The molecule has 1 aliphatic rings. The van der Waals surface area contributed by atoms with Crippen LogP contribution < -0.4 is 5.32 Å². The van der Waals surface area contributed by atoms with Gasteiger partial charge in [0.15, 0.2) is 21.5 Å². The fraction of sp³-hybridized carbons (Fsp3) is 0.417. The van der Waals surface area contributed by atoms with Gasteiger partial charge in [-0.2, -0.15) is 0 Å². The molecule has 1 aromatic carbocycles. The predicted molar refractivity (Wildman–Crippen MR) is 69.9 cm³/mol. The minimum atomic E-state index is -2.94. The van der Waals surface area contributed by atoms with Gasteiger partial charge in [0.1, 0.15) is 11.3 Å². The Morgan fingerprint density at radius 3 is 2.90 bits per heavy atom. The minimum absolute atomic E-state index is 0.0409. The van der Waals surface area contributed by atoms with Gasteiger partial charge in [0.25, 0.3) is 0 Å². The summed E-state index contributed by atoms with van der Waals surface area (Å²) in [5, 5.41) is 3.06. The molecule has 2 heterocycles. The Balaban J connectivity index is 1.74. The van der Waals surface area contributed by atoms with E-state index in [1.807, 2.05) is 0 Å². The first-order valence-electron chi connectivity index (χ1n) is 6.21. The largest absolute Gasteiger partial charge is 0.341 e. The van der Waals surface area contributed by atoms with E-state index in [4.69, 9.17) is 0 Å². The van der Waals surface area contributed by atoms with Crippen molar-refractivity contribution >= 4 is 20.9 Å². The minimum Gasteiger partial charge on any atom is -0.341 e. The van der Waals surface area contributed by atoms with Crippen LogP contribution in [0, 0.1) is 11.6 Å². The number of rotatable bonds is 3. The van der Waals surface area contributed by atoms with E-state index in [2.05, 4.69) is 15.3 Å². The Morgan fingerprint density at radius 1 is 1.40 bits per heavy atom. The summed E-state index contributed by atoms with van der Waals surface area (Å²) in [5.74, 6) is -1.17. The van der Waals surface area contributed by atoms with Crippen molar-refractivity contribution in [3.63, 3.8) is 0 Å². The molecule has 1 atom stereocenters. The van der Waals surface area contributed by atoms with Gasteiger partial charge in [-0.05, 0) is 18.6 Å². The molecule has 1 aromatic heterocycles. The van der Waals surface area contributed by atoms with Crippen LogP contribution in [0.5, 0.6) is 0 Å². The van der Waals surface area contributed by atoms with E-state index in [9.17, 15) is 17.2 Å². The molecule has 8 heteroatoms. The third kappa shape index (κ3) is 2.53. The van der Waals surface area contributed by atoms with Crippen molar-refractivity contribution in [1.29, 1.82) is 0 Å². The van der Waals surface area contributed by atoms with Crippen LogP contribution in [0.1, 0.15) is 12.2 Å². The van der Waals surface area contributed by atoms with Gasteiger partial charge >= 0.3 is 0 Å². The van der Waals surface area contributed by atoms with Crippen LogP contribution >= 0.6 is 0 Å². The van der Waals surface area contributed by atoms with Crippen molar-refractivity contribution < 1.29 is 17.2 Å². The maximum Gasteiger partial charge on any atom is 0.186 e. The number of benzene rings is 1. The van der Waals surface area contributed by atoms with E-state index >= 15 is 0 Å². The first kappa shape index (κ1) is 13.4. The molecular formula is C12H13F2N3O2S. The maximum absolute atomic E-state index is 13.5. The Labute approximate surface area is 114 Å². The standard InChI is InChI=1S/C12H13F2N3O2S/c13-8-1-2-9-12(11(8)14)17-10(16-9)5-15-7-3-4-20(18,19)6-7/h1-2,7,15H,3-6H2,(H,16,17). The lowest BCUT2D eigenvalue weighted by molar-refractivity contribution is 0.515. The van der Waals surface area contributed by atoms with Gasteiger partial charge in [-0.3, -0.25) is 0 Å². The number of hydrogen-bond donors (Lipinski definition) is 2. The summed E-state index contributed by atoms with van der Waals surface area (Å²) in [6.45, 7) is 0.288. The van der Waals surface area contributed by atoms with Crippen molar-refractivity contribution in [2.75, 3.05) is 11.5 Å². The molecule has 1 unspecified atom stereocenters. The van der Waals surface area contributed by atoms with E-state index in [0.717, 1.165) is 6.07 Å². The Hall–Kier alpha value is -1.54. The third-order valence-electron chi connectivity index (χ3n) is 3.39. The molecule has 1 fully saturated rings. The number of fused-ring (bicyclic) bond motifs is 1. The van der Waals surface area contributed by atoms with Crippen molar-refractivity contribution in [3.05, 3.63) is 29.6 Å². The molecule has 0 radical (unpaired) electrons. The molecule has 2 aromatic rings. The Morgan fingerprint density at radius 2 is 2.20 bits per heavy atom. The Kier molecular flexibility index (Phi) is 3.21. The number of H-pyrrole nitrogens is 1. The summed E-state index contributed by atoms with van der Waals surface area (Å²) < 4.78 is 49.2. The van der Waals surface area contributed by atoms with Crippen LogP contribution in [0.2, 0.25) is 0 Å². The fourth-order valence-electron chi connectivity index (χ4n) is 2.35. The highest BCUT2D eigenvalue weighted by Gasteiger charge is 2.27. The molecule has 3 rings (SSSR count).